The standard InChI is InChI=1S/C16H20N2O4/c1-2-17(11-16(21)22)14(19)9-10-18-13-6-4-3-5-12(13)7-8-15(18)20/h3-6H,2,7-11H2,1H3,(H,21,22). The summed E-state index contributed by atoms with van der Waals surface area (Å²) in [5, 5.41) is 8.79. The van der Waals surface area contributed by atoms with E-state index in [0.717, 1.165) is 17.7 Å². The molecule has 0 aliphatic carbocycles. The minimum absolute atomic E-state index is 0.00721. The average molecular weight is 304 g/mol. The van der Waals surface area contributed by atoms with Crippen LogP contribution in [0.25, 0.3) is 0 Å². The van der Waals surface area contributed by atoms with Gasteiger partial charge in [-0.1, -0.05) is 18.2 Å². The van der Waals surface area contributed by atoms with E-state index in [1.165, 1.54) is 4.90 Å². The fourth-order valence-corrected chi connectivity index (χ4v) is 2.65. The summed E-state index contributed by atoms with van der Waals surface area (Å²) in [7, 11) is 0. The lowest BCUT2D eigenvalue weighted by atomic mass is 10.0. The van der Waals surface area contributed by atoms with Crippen LogP contribution in [0.15, 0.2) is 24.3 Å². The van der Waals surface area contributed by atoms with Crippen LogP contribution >= 0.6 is 0 Å². The molecular formula is C16H20N2O4. The zero-order valence-electron chi connectivity index (χ0n) is 12.6. The molecule has 1 N–H and O–H groups in total. The molecule has 1 aliphatic heterocycles. The van der Waals surface area contributed by atoms with Gasteiger partial charge in [0.1, 0.15) is 6.54 Å². The summed E-state index contributed by atoms with van der Waals surface area (Å²) in [5.41, 5.74) is 1.96. The fraction of sp³-hybridized carbons (Fsp3) is 0.438. The second-order valence-electron chi connectivity index (χ2n) is 5.23. The Hall–Kier alpha value is -2.37. The molecule has 1 aromatic rings. The molecule has 1 heterocycles. The highest BCUT2D eigenvalue weighted by Gasteiger charge is 2.25. The Bertz CT molecular complexity index is 585. The number of rotatable bonds is 6. The lowest BCUT2D eigenvalue weighted by Gasteiger charge is -2.30. The van der Waals surface area contributed by atoms with Gasteiger partial charge in [0.05, 0.1) is 0 Å². The molecule has 0 saturated carbocycles. The van der Waals surface area contributed by atoms with Gasteiger partial charge in [0.2, 0.25) is 11.8 Å². The molecule has 118 valence electrons. The maximum Gasteiger partial charge on any atom is 0.323 e. The molecule has 6 heteroatoms. The van der Waals surface area contributed by atoms with E-state index >= 15 is 0 Å². The molecule has 2 amide bonds. The molecule has 1 aromatic carbocycles. The van der Waals surface area contributed by atoms with Crippen LogP contribution in [0.5, 0.6) is 0 Å². The predicted octanol–water partition coefficient (Wildman–Crippen LogP) is 1.29. The molecule has 0 unspecified atom stereocenters. The summed E-state index contributed by atoms with van der Waals surface area (Å²) in [5.74, 6) is -1.27. The van der Waals surface area contributed by atoms with Gasteiger partial charge in [-0.15, -0.1) is 0 Å². The van der Waals surface area contributed by atoms with E-state index < -0.39 is 5.97 Å². The number of carboxylic acids is 1. The first kappa shape index (κ1) is 16.0. The average Bonchev–Trinajstić information content (AvgIpc) is 2.51. The van der Waals surface area contributed by atoms with Crippen molar-refractivity contribution in [3.63, 3.8) is 0 Å². The van der Waals surface area contributed by atoms with Crippen LogP contribution in [-0.4, -0.2) is 47.4 Å². The Morgan fingerprint density at radius 3 is 2.68 bits per heavy atom. The minimum atomic E-state index is -1.03. The largest absolute Gasteiger partial charge is 0.480 e. The molecule has 2 rings (SSSR count). The molecular weight excluding hydrogens is 284 g/mol. The van der Waals surface area contributed by atoms with Gasteiger partial charge in [-0.25, -0.2) is 0 Å². The van der Waals surface area contributed by atoms with Crippen molar-refractivity contribution in [1.82, 2.24) is 4.90 Å². The Morgan fingerprint density at radius 1 is 1.27 bits per heavy atom. The lowest BCUT2D eigenvalue weighted by molar-refractivity contribution is -0.144. The van der Waals surface area contributed by atoms with Crippen LogP contribution in [0.1, 0.15) is 25.3 Å². The number of aryl methyl sites for hydroxylation is 1. The molecule has 0 radical (unpaired) electrons. The summed E-state index contributed by atoms with van der Waals surface area (Å²) < 4.78 is 0. The quantitative estimate of drug-likeness (QED) is 0.859. The number of anilines is 1. The zero-order chi connectivity index (χ0) is 16.1. The number of hydrogen-bond donors (Lipinski definition) is 1. The first-order valence-electron chi connectivity index (χ1n) is 7.40. The van der Waals surface area contributed by atoms with E-state index in [4.69, 9.17) is 5.11 Å². The van der Waals surface area contributed by atoms with E-state index in [-0.39, 0.29) is 31.3 Å². The van der Waals surface area contributed by atoms with E-state index in [0.29, 0.717) is 13.0 Å². The van der Waals surface area contributed by atoms with Crippen molar-refractivity contribution in [2.75, 3.05) is 24.5 Å². The number of benzene rings is 1. The monoisotopic (exact) mass is 304 g/mol. The van der Waals surface area contributed by atoms with Gasteiger partial charge in [-0.05, 0) is 25.0 Å². The van der Waals surface area contributed by atoms with Gasteiger partial charge in [0.25, 0.3) is 0 Å². The first-order chi connectivity index (χ1) is 10.5. The number of aliphatic carboxylic acids is 1. The highest BCUT2D eigenvalue weighted by molar-refractivity contribution is 5.97. The predicted molar refractivity (Wildman–Crippen MR) is 81.6 cm³/mol. The number of para-hydroxylation sites is 1. The molecule has 0 spiro atoms. The van der Waals surface area contributed by atoms with Gasteiger partial charge in [-0.3, -0.25) is 14.4 Å². The number of likely N-dealkylation sites (N-methyl/N-ethyl adjacent to an activating group) is 1. The summed E-state index contributed by atoms with van der Waals surface area (Å²) in [4.78, 5) is 37.8. The zero-order valence-corrected chi connectivity index (χ0v) is 12.6. The van der Waals surface area contributed by atoms with E-state index in [1.54, 1.807) is 11.8 Å². The lowest BCUT2D eigenvalue weighted by Crippen LogP contribution is -2.40. The summed E-state index contributed by atoms with van der Waals surface area (Å²) in [6, 6.07) is 7.67. The summed E-state index contributed by atoms with van der Waals surface area (Å²) in [6.45, 7) is 2.06. The summed E-state index contributed by atoms with van der Waals surface area (Å²) in [6.07, 6.45) is 1.29. The van der Waals surface area contributed by atoms with E-state index in [1.807, 2.05) is 24.3 Å². The molecule has 0 aromatic heterocycles. The van der Waals surface area contributed by atoms with Gasteiger partial charge >= 0.3 is 5.97 Å². The smallest absolute Gasteiger partial charge is 0.323 e. The Labute approximate surface area is 129 Å². The number of carboxylic acid groups (broad SMARTS) is 1. The third-order valence-electron chi connectivity index (χ3n) is 3.80. The van der Waals surface area contributed by atoms with E-state index in [2.05, 4.69) is 0 Å². The fourth-order valence-electron chi connectivity index (χ4n) is 2.65. The van der Waals surface area contributed by atoms with Crippen LogP contribution in [0.3, 0.4) is 0 Å². The van der Waals surface area contributed by atoms with Crippen molar-refractivity contribution in [3.05, 3.63) is 29.8 Å². The van der Waals surface area contributed by atoms with Gasteiger partial charge in [-0.2, -0.15) is 0 Å². The molecule has 0 atom stereocenters. The number of nitrogens with zero attached hydrogens (tertiary/aromatic N) is 2. The number of hydrogen-bond acceptors (Lipinski definition) is 3. The first-order valence-corrected chi connectivity index (χ1v) is 7.40. The third-order valence-corrected chi connectivity index (χ3v) is 3.80. The number of amides is 2. The van der Waals surface area contributed by atoms with Crippen molar-refractivity contribution in [3.8, 4) is 0 Å². The van der Waals surface area contributed by atoms with Crippen molar-refractivity contribution in [2.24, 2.45) is 0 Å². The molecule has 0 saturated heterocycles. The second-order valence-corrected chi connectivity index (χ2v) is 5.23. The number of fused-ring (bicyclic) bond motifs is 1. The molecule has 1 aliphatic rings. The Balaban J connectivity index is 2.03. The Kier molecular flexibility index (Phi) is 5.14. The minimum Gasteiger partial charge on any atom is -0.480 e. The Morgan fingerprint density at radius 2 is 2.00 bits per heavy atom. The SMILES string of the molecule is CCN(CC(=O)O)C(=O)CCN1C(=O)CCc2ccccc21. The van der Waals surface area contributed by atoms with Gasteiger partial charge < -0.3 is 14.9 Å². The van der Waals surface area contributed by atoms with Crippen LogP contribution in [0.2, 0.25) is 0 Å². The summed E-state index contributed by atoms with van der Waals surface area (Å²) >= 11 is 0. The third kappa shape index (κ3) is 3.63. The maximum atomic E-state index is 12.1. The maximum absolute atomic E-state index is 12.1. The normalized spacial score (nSPS) is 13.7. The van der Waals surface area contributed by atoms with E-state index in [9.17, 15) is 14.4 Å². The molecule has 22 heavy (non-hydrogen) atoms. The molecule has 0 bridgehead atoms. The molecule has 6 nitrogen and oxygen atoms in total. The van der Waals surface area contributed by atoms with Crippen molar-refractivity contribution < 1.29 is 19.5 Å². The highest BCUT2D eigenvalue weighted by atomic mass is 16.4. The van der Waals surface area contributed by atoms with Crippen molar-refractivity contribution in [1.29, 1.82) is 0 Å². The van der Waals surface area contributed by atoms with Gasteiger partial charge in [0, 0.05) is 31.6 Å². The van der Waals surface area contributed by atoms with Crippen LogP contribution in [0.4, 0.5) is 5.69 Å². The van der Waals surface area contributed by atoms with Crippen LogP contribution in [0, 0.1) is 0 Å². The highest BCUT2D eigenvalue weighted by Crippen LogP contribution is 2.27. The van der Waals surface area contributed by atoms with Crippen molar-refractivity contribution in [2.45, 2.75) is 26.2 Å². The van der Waals surface area contributed by atoms with Crippen LogP contribution < -0.4 is 4.90 Å². The molecule has 0 fully saturated rings. The van der Waals surface area contributed by atoms with Gasteiger partial charge in [0.15, 0.2) is 0 Å². The van der Waals surface area contributed by atoms with Crippen molar-refractivity contribution >= 4 is 23.5 Å². The van der Waals surface area contributed by atoms with Crippen LogP contribution in [-0.2, 0) is 20.8 Å². The number of carbonyl (C=O) groups excluding carboxylic acids is 2. The topological polar surface area (TPSA) is 77.9 Å². The second kappa shape index (κ2) is 7.06. The number of carbonyl (C=O) groups is 3.